The van der Waals surface area contributed by atoms with Gasteiger partial charge < -0.3 is 5.11 Å². The van der Waals surface area contributed by atoms with Crippen molar-refractivity contribution in [2.75, 3.05) is 6.54 Å². The monoisotopic (exact) mass is 307 g/mol. The molecule has 112 valence electrons. The number of sulfonamides is 1. The van der Waals surface area contributed by atoms with Crippen LogP contribution < -0.4 is 4.72 Å². The Hall–Kier alpha value is -1.70. The molecular weight excluding hydrogens is 290 g/mol. The second-order valence-electron chi connectivity index (χ2n) is 5.24. The fourth-order valence-corrected chi connectivity index (χ4v) is 3.93. The number of fused-ring (bicyclic) bond motifs is 1. The Morgan fingerprint density at radius 1 is 1.43 bits per heavy atom. The molecule has 6 nitrogen and oxygen atoms in total. The third-order valence-corrected chi connectivity index (χ3v) is 5.32. The van der Waals surface area contributed by atoms with Gasteiger partial charge >= 0.3 is 0 Å². The molecule has 0 fully saturated rings. The predicted octanol–water partition coefficient (Wildman–Crippen LogP) is 0.829. The van der Waals surface area contributed by atoms with E-state index in [1.165, 1.54) is 11.1 Å². The van der Waals surface area contributed by atoms with Crippen LogP contribution in [0.1, 0.15) is 28.3 Å². The van der Waals surface area contributed by atoms with Crippen molar-refractivity contribution in [2.45, 2.75) is 30.9 Å². The summed E-state index contributed by atoms with van der Waals surface area (Å²) in [6.45, 7) is 1.67. The molecule has 1 atom stereocenters. The van der Waals surface area contributed by atoms with E-state index in [2.05, 4.69) is 21.0 Å². The average molecular weight is 307 g/mol. The minimum absolute atomic E-state index is 0.116. The van der Waals surface area contributed by atoms with Gasteiger partial charge in [0.1, 0.15) is 0 Å². The summed E-state index contributed by atoms with van der Waals surface area (Å²) in [5.41, 5.74) is 3.34. The lowest BCUT2D eigenvalue weighted by atomic mass is 9.78. The van der Waals surface area contributed by atoms with Gasteiger partial charge in [0.2, 0.25) is 0 Å². The van der Waals surface area contributed by atoms with Gasteiger partial charge in [-0.15, -0.1) is 0 Å². The van der Waals surface area contributed by atoms with E-state index in [4.69, 9.17) is 0 Å². The molecule has 1 aromatic carbocycles. The van der Waals surface area contributed by atoms with Gasteiger partial charge in [0.25, 0.3) is 10.0 Å². The molecular formula is C14H17N3O3S. The number of aliphatic hydroxyl groups is 1. The molecule has 0 radical (unpaired) electrons. The molecule has 0 saturated heterocycles. The topological polar surface area (TPSA) is 95.1 Å². The van der Waals surface area contributed by atoms with Crippen molar-refractivity contribution in [2.24, 2.45) is 0 Å². The number of aliphatic hydroxyl groups excluding tert-OH is 1. The number of nitrogens with zero attached hydrogens (tertiary/aromatic N) is 1. The van der Waals surface area contributed by atoms with Crippen molar-refractivity contribution in [1.29, 1.82) is 0 Å². The van der Waals surface area contributed by atoms with E-state index in [0.717, 1.165) is 6.42 Å². The van der Waals surface area contributed by atoms with E-state index in [-0.39, 0.29) is 17.6 Å². The second kappa shape index (κ2) is 5.25. The van der Waals surface area contributed by atoms with E-state index >= 15 is 0 Å². The number of hydrogen-bond donors (Lipinski definition) is 3. The zero-order valence-electron chi connectivity index (χ0n) is 11.6. The Kier molecular flexibility index (Phi) is 3.56. The van der Waals surface area contributed by atoms with Crippen LogP contribution in [0, 0.1) is 6.92 Å². The second-order valence-corrected chi connectivity index (χ2v) is 6.92. The molecule has 2 aromatic rings. The van der Waals surface area contributed by atoms with Crippen molar-refractivity contribution < 1.29 is 13.5 Å². The van der Waals surface area contributed by atoms with E-state index < -0.39 is 10.0 Å². The van der Waals surface area contributed by atoms with Crippen LogP contribution >= 0.6 is 0 Å². The molecule has 0 amide bonds. The van der Waals surface area contributed by atoms with Crippen LogP contribution in [0.5, 0.6) is 0 Å². The van der Waals surface area contributed by atoms with Gasteiger partial charge in [0, 0.05) is 23.7 Å². The molecule has 3 rings (SSSR count). The zero-order valence-corrected chi connectivity index (χ0v) is 12.4. The lowest BCUT2D eigenvalue weighted by Gasteiger charge is -2.30. The average Bonchev–Trinajstić information content (AvgIpc) is 2.81. The largest absolute Gasteiger partial charge is 0.392 e. The van der Waals surface area contributed by atoms with Crippen molar-refractivity contribution >= 4 is 10.0 Å². The molecule has 1 aliphatic carbocycles. The van der Waals surface area contributed by atoms with Crippen molar-refractivity contribution in [1.82, 2.24) is 14.9 Å². The number of rotatable bonds is 5. The zero-order chi connectivity index (χ0) is 15.0. The van der Waals surface area contributed by atoms with Crippen molar-refractivity contribution in [3.63, 3.8) is 0 Å². The Morgan fingerprint density at radius 3 is 2.90 bits per heavy atom. The van der Waals surface area contributed by atoms with E-state index in [1.807, 2.05) is 18.2 Å². The number of aryl methyl sites for hydroxylation is 1. The Bertz CT molecular complexity index is 768. The van der Waals surface area contributed by atoms with Crippen LogP contribution in [0.3, 0.4) is 0 Å². The molecule has 3 N–H and O–H groups in total. The van der Waals surface area contributed by atoms with Gasteiger partial charge in [0.05, 0.1) is 6.61 Å². The number of aromatic amines is 1. The van der Waals surface area contributed by atoms with Gasteiger partial charge in [0.15, 0.2) is 5.03 Å². The first-order valence-corrected chi connectivity index (χ1v) is 8.23. The molecule has 0 saturated carbocycles. The minimum Gasteiger partial charge on any atom is -0.392 e. The highest BCUT2D eigenvalue weighted by atomic mass is 32.2. The fraction of sp³-hybridized carbons (Fsp3) is 0.357. The Balaban J connectivity index is 1.73. The number of nitrogens with one attached hydrogen (secondary N) is 2. The highest BCUT2D eigenvalue weighted by Crippen LogP contribution is 2.34. The standard InChI is InChI=1S/C14H17N3O3S/c1-9-13(8-18)14(17-16-9)21(19,20)15-7-11-6-10-4-2-3-5-12(10)11/h2-5,11,15,18H,6-8H2,1H3,(H,16,17). The molecule has 0 aliphatic heterocycles. The summed E-state index contributed by atoms with van der Waals surface area (Å²) >= 11 is 0. The minimum atomic E-state index is -3.71. The maximum atomic E-state index is 12.3. The Labute approximate surface area is 123 Å². The van der Waals surface area contributed by atoms with Crippen LogP contribution in [0.2, 0.25) is 0 Å². The van der Waals surface area contributed by atoms with Gasteiger partial charge in [-0.25, -0.2) is 13.1 Å². The van der Waals surface area contributed by atoms with Crippen LogP contribution in [-0.2, 0) is 23.1 Å². The third kappa shape index (κ3) is 2.48. The molecule has 21 heavy (non-hydrogen) atoms. The molecule has 1 aliphatic rings. The molecule has 1 unspecified atom stereocenters. The number of hydrogen-bond acceptors (Lipinski definition) is 4. The molecule has 0 spiro atoms. The number of H-pyrrole nitrogens is 1. The molecule has 0 bridgehead atoms. The van der Waals surface area contributed by atoms with Gasteiger partial charge in [-0.1, -0.05) is 24.3 Å². The SMILES string of the molecule is Cc1[nH]nc(S(=O)(=O)NCC2Cc3ccccc32)c1CO. The predicted molar refractivity (Wildman–Crippen MR) is 77.3 cm³/mol. The van der Waals surface area contributed by atoms with Gasteiger partial charge in [-0.2, -0.15) is 5.10 Å². The summed E-state index contributed by atoms with van der Waals surface area (Å²) in [5, 5.41) is 15.5. The highest BCUT2D eigenvalue weighted by molar-refractivity contribution is 7.89. The first kappa shape index (κ1) is 14.2. The summed E-state index contributed by atoms with van der Waals surface area (Å²) < 4.78 is 27.1. The van der Waals surface area contributed by atoms with E-state index in [0.29, 0.717) is 17.8 Å². The molecule has 1 aromatic heterocycles. The summed E-state index contributed by atoms with van der Waals surface area (Å²) in [7, 11) is -3.71. The first-order chi connectivity index (χ1) is 10.0. The van der Waals surface area contributed by atoms with Crippen molar-refractivity contribution in [3.8, 4) is 0 Å². The van der Waals surface area contributed by atoms with Crippen LogP contribution in [-0.4, -0.2) is 30.3 Å². The Morgan fingerprint density at radius 2 is 2.19 bits per heavy atom. The summed E-state index contributed by atoms with van der Waals surface area (Å²) in [4.78, 5) is 0. The van der Waals surface area contributed by atoms with Crippen LogP contribution in [0.15, 0.2) is 29.3 Å². The number of benzene rings is 1. The summed E-state index contributed by atoms with van der Waals surface area (Å²) in [6, 6.07) is 8.02. The van der Waals surface area contributed by atoms with Gasteiger partial charge in [-0.05, 0) is 24.5 Å². The quantitative estimate of drug-likeness (QED) is 0.762. The summed E-state index contributed by atoms with van der Waals surface area (Å²) in [5.74, 6) is 0.202. The van der Waals surface area contributed by atoms with E-state index in [9.17, 15) is 13.5 Å². The van der Waals surface area contributed by atoms with Crippen molar-refractivity contribution in [3.05, 3.63) is 46.6 Å². The fourth-order valence-electron chi connectivity index (χ4n) is 2.66. The normalized spacial score (nSPS) is 17.3. The van der Waals surface area contributed by atoms with Crippen LogP contribution in [0.25, 0.3) is 0 Å². The smallest absolute Gasteiger partial charge is 0.260 e. The van der Waals surface area contributed by atoms with Crippen LogP contribution in [0.4, 0.5) is 0 Å². The molecule has 1 heterocycles. The third-order valence-electron chi connectivity index (χ3n) is 3.93. The number of aromatic nitrogens is 2. The lowest BCUT2D eigenvalue weighted by molar-refractivity contribution is 0.277. The highest BCUT2D eigenvalue weighted by Gasteiger charge is 2.29. The first-order valence-electron chi connectivity index (χ1n) is 6.75. The van der Waals surface area contributed by atoms with E-state index in [1.54, 1.807) is 6.92 Å². The maximum absolute atomic E-state index is 12.3. The summed E-state index contributed by atoms with van der Waals surface area (Å²) in [6.07, 6.45) is 0.880. The molecule has 7 heteroatoms. The maximum Gasteiger partial charge on any atom is 0.260 e. The van der Waals surface area contributed by atoms with Gasteiger partial charge in [-0.3, -0.25) is 5.10 Å². The lowest BCUT2D eigenvalue weighted by Crippen LogP contribution is -2.33.